The predicted octanol–water partition coefficient (Wildman–Crippen LogP) is 3.22. The quantitative estimate of drug-likeness (QED) is 0.617. The van der Waals surface area contributed by atoms with Crippen LogP contribution in [0.15, 0.2) is 12.3 Å². The zero-order chi connectivity index (χ0) is 15.7. The number of rotatable bonds is 5. The first kappa shape index (κ1) is 16.4. The van der Waals surface area contributed by atoms with Crippen LogP contribution in [0, 0.1) is 11.8 Å². The number of aromatic nitrogens is 1. The minimum Gasteiger partial charge on any atom is -0.399 e. The fourth-order valence-corrected chi connectivity index (χ4v) is 3.47. The van der Waals surface area contributed by atoms with Crippen molar-refractivity contribution in [2.24, 2.45) is 0 Å². The van der Waals surface area contributed by atoms with E-state index in [1.807, 2.05) is 0 Å². The van der Waals surface area contributed by atoms with Crippen LogP contribution in [0.2, 0.25) is 0 Å². The average molecular weight is 297 g/mol. The van der Waals surface area contributed by atoms with Gasteiger partial charge in [0.15, 0.2) is 5.82 Å². The Morgan fingerprint density at radius 3 is 1.86 bits per heavy atom. The van der Waals surface area contributed by atoms with Crippen LogP contribution in [-0.2, 0) is 9.31 Å². The molecule has 0 bridgehead atoms. The van der Waals surface area contributed by atoms with E-state index < -0.39 is 30.1 Å². The molecule has 1 saturated heterocycles. The van der Waals surface area contributed by atoms with Gasteiger partial charge < -0.3 is 9.31 Å². The second-order valence-electron chi connectivity index (χ2n) is 5.51. The van der Waals surface area contributed by atoms with Crippen LogP contribution in [0.3, 0.4) is 0 Å². The van der Waals surface area contributed by atoms with Crippen molar-refractivity contribution in [1.29, 1.82) is 0 Å². The van der Waals surface area contributed by atoms with E-state index in [0.717, 1.165) is 31.7 Å². The lowest BCUT2D eigenvalue weighted by Gasteiger charge is -2.42. The first-order valence-electron chi connectivity index (χ1n) is 7.64. The molecule has 0 unspecified atom stereocenters. The lowest BCUT2D eigenvalue weighted by Crippen LogP contribution is -2.50. The van der Waals surface area contributed by atoms with Gasteiger partial charge in [0.25, 0.3) is 0 Å². The molecule has 1 aliphatic rings. The molecule has 3 nitrogen and oxygen atoms in total. The van der Waals surface area contributed by atoms with E-state index in [1.54, 1.807) is 0 Å². The summed E-state index contributed by atoms with van der Waals surface area (Å²) in [5, 5.41) is 0. The number of hydrogen-bond acceptors (Lipinski definition) is 3. The van der Waals surface area contributed by atoms with Crippen molar-refractivity contribution in [3.05, 3.63) is 24.0 Å². The van der Waals surface area contributed by atoms with Crippen LogP contribution in [0.25, 0.3) is 0 Å². The fourth-order valence-electron chi connectivity index (χ4n) is 3.47. The molecule has 2 heterocycles. The number of nitrogens with zero attached hydrogens (tertiary/aromatic N) is 1. The molecule has 0 N–H and O–H groups in total. The second kappa shape index (κ2) is 6.01. The first-order valence-corrected chi connectivity index (χ1v) is 7.64. The maximum atomic E-state index is 13.4. The van der Waals surface area contributed by atoms with Crippen molar-refractivity contribution in [3.63, 3.8) is 0 Å². The Morgan fingerprint density at radius 1 is 1.00 bits per heavy atom. The number of halogens is 2. The molecule has 1 fully saturated rings. The molecule has 2 rings (SSSR count). The molecule has 116 valence electrons. The van der Waals surface area contributed by atoms with E-state index in [2.05, 4.69) is 32.7 Å². The van der Waals surface area contributed by atoms with Gasteiger partial charge in [-0.1, -0.05) is 27.7 Å². The molecule has 0 saturated carbocycles. The molecule has 21 heavy (non-hydrogen) atoms. The standard InChI is InChI=1S/C15H22BF2NO2/c1-5-14(6-2)15(7-3,8-4)21-16(20-14)11-9-12(17)13(18)19-10-11/h9-10H,5-8H2,1-4H3. The Labute approximate surface area is 125 Å². The zero-order valence-corrected chi connectivity index (χ0v) is 13.1. The molecule has 1 aromatic rings. The van der Waals surface area contributed by atoms with Gasteiger partial charge in [0.1, 0.15) is 0 Å². The SMILES string of the molecule is CCC1(CC)OB(c2cnc(F)c(F)c2)OC1(CC)CC. The van der Waals surface area contributed by atoms with Crippen LogP contribution in [0.4, 0.5) is 8.78 Å². The third-order valence-electron chi connectivity index (χ3n) is 4.87. The van der Waals surface area contributed by atoms with Gasteiger partial charge in [-0.3, -0.25) is 0 Å². The molecule has 0 atom stereocenters. The van der Waals surface area contributed by atoms with E-state index in [-0.39, 0.29) is 0 Å². The van der Waals surface area contributed by atoms with Gasteiger partial charge in [0.05, 0.1) is 11.2 Å². The Balaban J connectivity index is 2.39. The lowest BCUT2D eigenvalue weighted by molar-refractivity contribution is -0.0601. The molecule has 1 aliphatic heterocycles. The van der Waals surface area contributed by atoms with Crippen LogP contribution in [0.5, 0.6) is 0 Å². The van der Waals surface area contributed by atoms with Gasteiger partial charge in [-0.2, -0.15) is 4.39 Å². The average Bonchev–Trinajstić information content (AvgIpc) is 2.85. The summed E-state index contributed by atoms with van der Waals surface area (Å²) in [5.41, 5.74) is -0.401. The molecule has 1 aromatic heterocycles. The molecular weight excluding hydrogens is 275 g/mol. The van der Waals surface area contributed by atoms with E-state index >= 15 is 0 Å². The summed E-state index contributed by atoms with van der Waals surface area (Å²) in [7, 11) is -0.701. The van der Waals surface area contributed by atoms with Crippen LogP contribution >= 0.6 is 0 Å². The molecule has 0 radical (unpaired) electrons. The van der Waals surface area contributed by atoms with Gasteiger partial charge in [-0.15, -0.1) is 0 Å². The topological polar surface area (TPSA) is 31.4 Å². The summed E-state index contributed by atoms with van der Waals surface area (Å²) in [5.74, 6) is -2.09. The summed E-state index contributed by atoms with van der Waals surface area (Å²) in [6.07, 6.45) is 4.50. The number of hydrogen-bond donors (Lipinski definition) is 0. The van der Waals surface area contributed by atoms with Gasteiger partial charge >= 0.3 is 7.12 Å². The lowest BCUT2D eigenvalue weighted by atomic mass is 9.75. The third-order valence-corrected chi connectivity index (χ3v) is 4.87. The Bertz CT molecular complexity index is 484. The summed E-state index contributed by atoms with van der Waals surface area (Å²) in [4.78, 5) is 3.42. The highest BCUT2D eigenvalue weighted by Crippen LogP contribution is 2.46. The van der Waals surface area contributed by atoms with Crippen LogP contribution < -0.4 is 5.46 Å². The minimum absolute atomic E-state index is 0.411. The molecule has 0 aliphatic carbocycles. The fraction of sp³-hybridized carbons (Fsp3) is 0.667. The zero-order valence-electron chi connectivity index (χ0n) is 13.1. The molecular formula is C15H22BF2NO2. The molecule has 0 aromatic carbocycles. The van der Waals surface area contributed by atoms with Gasteiger partial charge in [0.2, 0.25) is 5.95 Å². The second-order valence-corrected chi connectivity index (χ2v) is 5.51. The third kappa shape index (κ3) is 2.48. The smallest absolute Gasteiger partial charge is 0.399 e. The van der Waals surface area contributed by atoms with Crippen molar-refractivity contribution >= 4 is 12.6 Å². The molecule has 6 heteroatoms. The maximum Gasteiger partial charge on any atom is 0.496 e. The normalized spacial score (nSPS) is 20.0. The van der Waals surface area contributed by atoms with E-state index in [4.69, 9.17) is 9.31 Å². The molecule has 0 spiro atoms. The van der Waals surface area contributed by atoms with Crippen molar-refractivity contribution in [2.75, 3.05) is 0 Å². The van der Waals surface area contributed by atoms with Gasteiger partial charge in [-0.05, 0) is 31.7 Å². The van der Waals surface area contributed by atoms with Crippen LogP contribution in [0.1, 0.15) is 53.4 Å². The van der Waals surface area contributed by atoms with Crippen molar-refractivity contribution in [3.8, 4) is 0 Å². The van der Waals surface area contributed by atoms with Crippen LogP contribution in [-0.4, -0.2) is 23.3 Å². The van der Waals surface area contributed by atoms with Gasteiger partial charge in [-0.25, -0.2) is 9.37 Å². The maximum absolute atomic E-state index is 13.4. The van der Waals surface area contributed by atoms with E-state index in [9.17, 15) is 8.78 Å². The van der Waals surface area contributed by atoms with E-state index in [0.29, 0.717) is 5.46 Å². The highest BCUT2D eigenvalue weighted by molar-refractivity contribution is 6.62. The highest BCUT2D eigenvalue weighted by atomic mass is 19.2. The van der Waals surface area contributed by atoms with Crippen molar-refractivity contribution in [2.45, 2.75) is 64.6 Å². The largest absolute Gasteiger partial charge is 0.496 e. The summed E-state index contributed by atoms with van der Waals surface area (Å²) >= 11 is 0. The molecule has 0 amide bonds. The van der Waals surface area contributed by atoms with Crippen molar-refractivity contribution in [1.82, 2.24) is 4.98 Å². The minimum atomic E-state index is -1.11. The summed E-state index contributed by atoms with van der Waals surface area (Å²) < 4.78 is 38.7. The van der Waals surface area contributed by atoms with Gasteiger partial charge in [0, 0.05) is 11.7 Å². The Hall–Kier alpha value is -1.01. The monoisotopic (exact) mass is 297 g/mol. The summed E-state index contributed by atoms with van der Waals surface area (Å²) in [6.45, 7) is 8.27. The Morgan fingerprint density at radius 2 is 1.48 bits per heavy atom. The van der Waals surface area contributed by atoms with E-state index in [1.165, 1.54) is 6.20 Å². The Kier molecular flexibility index (Phi) is 4.68. The first-order chi connectivity index (χ1) is 9.97. The predicted molar refractivity (Wildman–Crippen MR) is 78.3 cm³/mol. The highest BCUT2D eigenvalue weighted by Gasteiger charge is 2.58. The number of pyridine rings is 1. The summed E-state index contributed by atoms with van der Waals surface area (Å²) in [6, 6.07) is 1.10. The van der Waals surface area contributed by atoms with Crippen molar-refractivity contribution < 1.29 is 18.1 Å².